The summed E-state index contributed by atoms with van der Waals surface area (Å²) in [5.74, 6) is 0. The standard InChI is InChI=1S/C14H21N3O7S/c1-14(2,3)24-13(18)16-23-10-6-9-15-25(21,22)12-8-5-4-7-11(12)17(19)20/h4-5,7-8,15H,6,9-10H2,1-3H3,(H,16,18). The van der Waals surface area contributed by atoms with E-state index in [2.05, 4.69) is 10.2 Å². The summed E-state index contributed by atoms with van der Waals surface area (Å²) in [6, 6.07) is 5.05. The Morgan fingerprint density at radius 1 is 1.28 bits per heavy atom. The van der Waals surface area contributed by atoms with Gasteiger partial charge in [0.25, 0.3) is 5.69 Å². The van der Waals surface area contributed by atoms with E-state index in [-0.39, 0.29) is 19.6 Å². The average Bonchev–Trinajstić information content (AvgIpc) is 2.49. The van der Waals surface area contributed by atoms with Gasteiger partial charge in [-0.25, -0.2) is 17.9 Å². The number of hydrogen-bond acceptors (Lipinski definition) is 7. The van der Waals surface area contributed by atoms with E-state index in [0.717, 1.165) is 12.1 Å². The second-order valence-corrected chi connectivity index (χ2v) is 7.66. The summed E-state index contributed by atoms with van der Waals surface area (Å²) in [5.41, 5.74) is 0.904. The molecule has 25 heavy (non-hydrogen) atoms. The van der Waals surface area contributed by atoms with Crippen molar-refractivity contribution < 1.29 is 27.7 Å². The maximum absolute atomic E-state index is 12.1. The zero-order valence-corrected chi connectivity index (χ0v) is 15.0. The number of nitrogens with one attached hydrogen (secondary N) is 2. The molecule has 0 fully saturated rings. The Bertz CT molecular complexity index is 713. The number of rotatable bonds is 8. The molecular weight excluding hydrogens is 354 g/mol. The van der Waals surface area contributed by atoms with Crippen LogP contribution in [0.3, 0.4) is 0 Å². The molecule has 0 heterocycles. The van der Waals surface area contributed by atoms with Crippen LogP contribution in [0.1, 0.15) is 27.2 Å². The van der Waals surface area contributed by atoms with Gasteiger partial charge >= 0.3 is 6.09 Å². The highest BCUT2D eigenvalue weighted by atomic mass is 32.2. The molecule has 0 aliphatic carbocycles. The number of carbonyl (C=O) groups is 1. The van der Waals surface area contributed by atoms with E-state index >= 15 is 0 Å². The van der Waals surface area contributed by atoms with Gasteiger partial charge in [0.2, 0.25) is 10.0 Å². The molecule has 0 radical (unpaired) electrons. The Labute approximate surface area is 145 Å². The van der Waals surface area contributed by atoms with Crippen LogP contribution in [0.25, 0.3) is 0 Å². The molecule has 1 aromatic rings. The van der Waals surface area contributed by atoms with E-state index in [1.807, 2.05) is 0 Å². The van der Waals surface area contributed by atoms with E-state index in [4.69, 9.17) is 9.57 Å². The van der Waals surface area contributed by atoms with Gasteiger partial charge in [-0.3, -0.25) is 15.0 Å². The van der Waals surface area contributed by atoms with Crippen LogP contribution in [0.15, 0.2) is 29.2 Å². The number of hydroxylamine groups is 1. The predicted molar refractivity (Wildman–Crippen MR) is 88.2 cm³/mol. The number of sulfonamides is 1. The van der Waals surface area contributed by atoms with Gasteiger partial charge in [-0.15, -0.1) is 0 Å². The van der Waals surface area contributed by atoms with Crippen LogP contribution in [-0.4, -0.2) is 38.2 Å². The van der Waals surface area contributed by atoms with Gasteiger partial charge in [0.15, 0.2) is 4.90 Å². The quantitative estimate of drug-likeness (QED) is 0.401. The van der Waals surface area contributed by atoms with Crippen molar-refractivity contribution >= 4 is 21.8 Å². The second-order valence-electron chi connectivity index (χ2n) is 5.93. The molecule has 10 nitrogen and oxygen atoms in total. The summed E-state index contributed by atoms with van der Waals surface area (Å²) in [7, 11) is -4.02. The van der Waals surface area contributed by atoms with Gasteiger partial charge < -0.3 is 4.74 Å². The van der Waals surface area contributed by atoms with Gasteiger partial charge in [0.05, 0.1) is 11.5 Å². The topological polar surface area (TPSA) is 137 Å². The third-order valence-electron chi connectivity index (χ3n) is 2.62. The number of benzene rings is 1. The van der Waals surface area contributed by atoms with Gasteiger partial charge in [0.1, 0.15) is 5.60 Å². The maximum Gasteiger partial charge on any atom is 0.431 e. The van der Waals surface area contributed by atoms with Gasteiger partial charge in [-0.1, -0.05) is 12.1 Å². The fourth-order valence-electron chi connectivity index (χ4n) is 1.67. The first-order chi connectivity index (χ1) is 11.5. The fraction of sp³-hybridized carbons (Fsp3) is 0.500. The first kappa shape index (κ1) is 20.8. The molecule has 0 atom stereocenters. The Kier molecular flexibility index (Phi) is 7.27. The zero-order valence-electron chi connectivity index (χ0n) is 14.1. The van der Waals surface area contributed by atoms with E-state index in [1.165, 1.54) is 12.1 Å². The SMILES string of the molecule is CC(C)(C)OC(=O)NOCCCNS(=O)(=O)c1ccccc1[N+](=O)[O-]. The number of nitro benzene ring substituents is 1. The van der Waals surface area contributed by atoms with Crippen molar-refractivity contribution in [1.82, 2.24) is 10.2 Å². The summed E-state index contributed by atoms with van der Waals surface area (Å²) in [5, 5.41) is 10.9. The average molecular weight is 375 g/mol. The molecule has 0 spiro atoms. The molecule has 0 aromatic heterocycles. The van der Waals surface area contributed by atoms with Crippen LogP contribution in [0.4, 0.5) is 10.5 Å². The third-order valence-corrected chi connectivity index (χ3v) is 4.13. The molecule has 1 rings (SSSR count). The second kappa shape index (κ2) is 8.74. The largest absolute Gasteiger partial charge is 0.442 e. The van der Waals surface area contributed by atoms with E-state index < -0.39 is 37.2 Å². The number of para-hydroxylation sites is 1. The van der Waals surface area contributed by atoms with Crippen molar-refractivity contribution in [2.45, 2.75) is 37.7 Å². The molecule has 1 aromatic carbocycles. The van der Waals surface area contributed by atoms with Crippen LogP contribution < -0.4 is 10.2 Å². The number of ether oxygens (including phenoxy) is 1. The van der Waals surface area contributed by atoms with Crippen LogP contribution in [0.5, 0.6) is 0 Å². The fourth-order valence-corrected chi connectivity index (χ4v) is 2.92. The summed E-state index contributed by atoms with van der Waals surface area (Å²) in [6.45, 7) is 5.10. The van der Waals surface area contributed by atoms with Crippen molar-refractivity contribution in [1.29, 1.82) is 0 Å². The molecule has 11 heteroatoms. The molecule has 0 aliphatic heterocycles. The minimum absolute atomic E-state index is 0.0234. The van der Waals surface area contributed by atoms with E-state index in [1.54, 1.807) is 20.8 Å². The first-order valence-electron chi connectivity index (χ1n) is 7.37. The molecule has 0 bridgehead atoms. The number of nitro groups is 1. The normalized spacial score (nSPS) is 11.8. The molecule has 1 amide bonds. The lowest BCUT2D eigenvalue weighted by Gasteiger charge is -2.19. The monoisotopic (exact) mass is 375 g/mol. The van der Waals surface area contributed by atoms with E-state index in [0.29, 0.717) is 0 Å². The van der Waals surface area contributed by atoms with Crippen molar-refractivity contribution in [3.05, 3.63) is 34.4 Å². The Hall–Kier alpha value is -2.24. The lowest BCUT2D eigenvalue weighted by atomic mass is 10.2. The van der Waals surface area contributed by atoms with Crippen molar-refractivity contribution in [2.24, 2.45) is 0 Å². The van der Waals surface area contributed by atoms with Gasteiger partial charge in [0, 0.05) is 12.6 Å². The lowest BCUT2D eigenvalue weighted by Crippen LogP contribution is -2.33. The highest BCUT2D eigenvalue weighted by Gasteiger charge is 2.24. The minimum Gasteiger partial charge on any atom is -0.442 e. The van der Waals surface area contributed by atoms with Crippen LogP contribution in [0, 0.1) is 10.1 Å². The molecule has 0 saturated carbocycles. The number of nitrogens with zero attached hydrogens (tertiary/aromatic N) is 1. The minimum atomic E-state index is -4.02. The number of hydrogen-bond donors (Lipinski definition) is 2. The zero-order chi connectivity index (χ0) is 19.1. The molecule has 140 valence electrons. The highest BCUT2D eigenvalue weighted by molar-refractivity contribution is 7.89. The molecule has 0 aliphatic rings. The molecular formula is C14H21N3O7S. The molecule has 0 unspecified atom stereocenters. The van der Waals surface area contributed by atoms with Crippen molar-refractivity contribution in [2.75, 3.05) is 13.2 Å². The van der Waals surface area contributed by atoms with Gasteiger partial charge in [-0.05, 0) is 33.3 Å². The number of amides is 1. The Morgan fingerprint density at radius 3 is 2.52 bits per heavy atom. The Morgan fingerprint density at radius 2 is 1.92 bits per heavy atom. The van der Waals surface area contributed by atoms with Crippen molar-refractivity contribution in [3.63, 3.8) is 0 Å². The van der Waals surface area contributed by atoms with Crippen LogP contribution in [-0.2, 0) is 19.6 Å². The first-order valence-corrected chi connectivity index (χ1v) is 8.85. The number of carbonyl (C=O) groups excluding carboxylic acids is 1. The lowest BCUT2D eigenvalue weighted by molar-refractivity contribution is -0.387. The van der Waals surface area contributed by atoms with E-state index in [9.17, 15) is 23.3 Å². The van der Waals surface area contributed by atoms with Crippen molar-refractivity contribution in [3.8, 4) is 0 Å². The van der Waals surface area contributed by atoms with Crippen LogP contribution in [0.2, 0.25) is 0 Å². The summed E-state index contributed by atoms with van der Waals surface area (Å²) in [6.07, 6.45) is -0.525. The van der Waals surface area contributed by atoms with Crippen LogP contribution >= 0.6 is 0 Å². The summed E-state index contributed by atoms with van der Waals surface area (Å²) < 4.78 is 31.4. The third kappa shape index (κ3) is 7.45. The highest BCUT2D eigenvalue weighted by Crippen LogP contribution is 2.22. The predicted octanol–water partition coefficient (Wildman–Crippen LogP) is 1.72. The maximum atomic E-state index is 12.1. The molecule has 2 N–H and O–H groups in total. The van der Waals surface area contributed by atoms with Gasteiger partial charge in [-0.2, -0.15) is 5.48 Å². The Balaban J connectivity index is 2.41. The molecule has 0 saturated heterocycles. The summed E-state index contributed by atoms with van der Waals surface area (Å²) in [4.78, 5) is 25.9. The summed E-state index contributed by atoms with van der Waals surface area (Å²) >= 11 is 0. The smallest absolute Gasteiger partial charge is 0.431 e.